The van der Waals surface area contributed by atoms with Gasteiger partial charge in [0.1, 0.15) is 11.6 Å². The molecular weight excluding hydrogens is 302 g/mol. The fraction of sp³-hybridized carbons (Fsp3) is 0.368. The lowest BCUT2D eigenvalue weighted by atomic mass is 9.87. The van der Waals surface area contributed by atoms with Gasteiger partial charge >= 0.3 is 0 Å². The predicted molar refractivity (Wildman–Crippen MR) is 97.8 cm³/mol. The minimum atomic E-state index is -0.214. The summed E-state index contributed by atoms with van der Waals surface area (Å²) in [6.45, 7) is 6.44. The van der Waals surface area contributed by atoms with Gasteiger partial charge in [0.25, 0.3) is 5.91 Å². The molecule has 5 nitrogen and oxygen atoms in total. The van der Waals surface area contributed by atoms with E-state index in [0.29, 0.717) is 11.4 Å². The topological polar surface area (TPSA) is 54.5 Å². The van der Waals surface area contributed by atoms with Gasteiger partial charge in [-0.2, -0.15) is 0 Å². The van der Waals surface area contributed by atoms with E-state index < -0.39 is 0 Å². The Bertz CT molecular complexity index is 671. The molecule has 2 aromatic rings. The molecule has 1 heterocycles. The molecule has 5 heteroatoms. The van der Waals surface area contributed by atoms with Crippen LogP contribution in [-0.4, -0.2) is 31.6 Å². The van der Waals surface area contributed by atoms with Crippen LogP contribution in [0.5, 0.6) is 5.75 Å². The molecule has 0 aliphatic rings. The summed E-state index contributed by atoms with van der Waals surface area (Å²) in [7, 11) is 3.83. The summed E-state index contributed by atoms with van der Waals surface area (Å²) in [5, 5.41) is 2.77. The smallest absolute Gasteiger partial charge is 0.262 e. The third-order valence-electron chi connectivity index (χ3n) is 3.58. The van der Waals surface area contributed by atoms with Crippen molar-refractivity contribution in [1.29, 1.82) is 0 Å². The van der Waals surface area contributed by atoms with Crippen LogP contribution < -0.4 is 15.0 Å². The first kappa shape index (κ1) is 17.8. The minimum Gasteiger partial charge on any atom is -0.484 e. The SMILES string of the molecule is CN(C)c1ccc(NC(=O)COc2ccc(C(C)(C)C)cc2)cn1. The van der Waals surface area contributed by atoms with Crippen molar-refractivity contribution in [2.75, 3.05) is 30.9 Å². The minimum absolute atomic E-state index is 0.0374. The standard InChI is InChI=1S/C19H25N3O2/c1-19(2,3)14-6-9-16(10-7-14)24-13-18(23)21-15-8-11-17(20-12-15)22(4)5/h6-12H,13H2,1-5H3,(H,21,23). The van der Waals surface area contributed by atoms with Gasteiger partial charge in [-0.15, -0.1) is 0 Å². The van der Waals surface area contributed by atoms with Crippen LogP contribution in [-0.2, 0) is 10.2 Å². The first-order chi connectivity index (χ1) is 11.3. The summed E-state index contributed by atoms with van der Waals surface area (Å²) in [5.74, 6) is 1.30. The highest BCUT2D eigenvalue weighted by atomic mass is 16.5. The fourth-order valence-electron chi connectivity index (χ4n) is 2.12. The van der Waals surface area contributed by atoms with Crippen molar-refractivity contribution >= 4 is 17.4 Å². The van der Waals surface area contributed by atoms with E-state index in [0.717, 1.165) is 5.82 Å². The predicted octanol–water partition coefficient (Wildman–Crippen LogP) is 3.46. The summed E-state index contributed by atoms with van der Waals surface area (Å²) in [5.41, 5.74) is 1.98. The van der Waals surface area contributed by atoms with E-state index in [1.165, 1.54) is 5.56 Å². The van der Waals surface area contributed by atoms with Crippen LogP contribution in [0.25, 0.3) is 0 Å². The number of nitrogens with one attached hydrogen (secondary N) is 1. The molecule has 0 radical (unpaired) electrons. The number of benzene rings is 1. The molecule has 0 saturated heterocycles. The highest BCUT2D eigenvalue weighted by Crippen LogP contribution is 2.24. The maximum absolute atomic E-state index is 12.0. The number of ether oxygens (including phenoxy) is 1. The van der Waals surface area contributed by atoms with Gasteiger partial charge in [0.2, 0.25) is 0 Å². The van der Waals surface area contributed by atoms with Crippen LogP contribution >= 0.6 is 0 Å². The van der Waals surface area contributed by atoms with Gasteiger partial charge in [-0.3, -0.25) is 4.79 Å². The second-order valence-corrected chi connectivity index (χ2v) is 6.91. The highest BCUT2D eigenvalue weighted by Gasteiger charge is 2.13. The number of carbonyl (C=O) groups is 1. The summed E-state index contributed by atoms with van der Waals surface area (Å²) >= 11 is 0. The number of aromatic nitrogens is 1. The Labute approximate surface area is 143 Å². The lowest BCUT2D eigenvalue weighted by Gasteiger charge is -2.19. The van der Waals surface area contributed by atoms with Crippen molar-refractivity contribution in [3.05, 3.63) is 48.2 Å². The van der Waals surface area contributed by atoms with Crippen LogP contribution in [0, 0.1) is 0 Å². The zero-order chi connectivity index (χ0) is 17.7. The number of hydrogen-bond donors (Lipinski definition) is 1. The summed E-state index contributed by atoms with van der Waals surface area (Å²) in [4.78, 5) is 18.1. The fourth-order valence-corrected chi connectivity index (χ4v) is 2.12. The molecule has 0 aliphatic heterocycles. The number of hydrogen-bond acceptors (Lipinski definition) is 4. The van der Waals surface area contributed by atoms with Crippen molar-refractivity contribution < 1.29 is 9.53 Å². The molecule has 1 amide bonds. The Morgan fingerprint density at radius 2 is 1.79 bits per heavy atom. The summed E-state index contributed by atoms with van der Waals surface area (Å²) in [6.07, 6.45) is 1.63. The van der Waals surface area contributed by atoms with E-state index in [-0.39, 0.29) is 17.9 Å². The van der Waals surface area contributed by atoms with Crippen LogP contribution in [0.3, 0.4) is 0 Å². The monoisotopic (exact) mass is 327 g/mol. The Morgan fingerprint density at radius 1 is 1.12 bits per heavy atom. The normalized spacial score (nSPS) is 11.0. The van der Waals surface area contributed by atoms with E-state index in [4.69, 9.17) is 4.74 Å². The lowest BCUT2D eigenvalue weighted by molar-refractivity contribution is -0.118. The quantitative estimate of drug-likeness (QED) is 0.914. The largest absolute Gasteiger partial charge is 0.484 e. The van der Waals surface area contributed by atoms with E-state index in [1.807, 2.05) is 55.4 Å². The first-order valence-electron chi connectivity index (χ1n) is 7.92. The summed E-state index contributed by atoms with van der Waals surface area (Å²) < 4.78 is 5.53. The van der Waals surface area contributed by atoms with Crippen molar-refractivity contribution in [3.63, 3.8) is 0 Å². The molecular formula is C19H25N3O2. The average Bonchev–Trinajstić information content (AvgIpc) is 2.53. The van der Waals surface area contributed by atoms with Gasteiger partial charge in [-0.25, -0.2) is 4.98 Å². The molecule has 128 valence electrons. The maximum Gasteiger partial charge on any atom is 0.262 e. The van der Waals surface area contributed by atoms with Crippen LogP contribution in [0.1, 0.15) is 26.3 Å². The van der Waals surface area contributed by atoms with Crippen LogP contribution in [0.15, 0.2) is 42.6 Å². The second kappa shape index (κ2) is 7.34. The number of rotatable bonds is 5. The molecule has 0 spiro atoms. The number of anilines is 2. The van der Waals surface area contributed by atoms with Gasteiger partial charge in [0.05, 0.1) is 11.9 Å². The second-order valence-electron chi connectivity index (χ2n) is 6.91. The van der Waals surface area contributed by atoms with Gasteiger partial charge in [0.15, 0.2) is 6.61 Å². The van der Waals surface area contributed by atoms with E-state index >= 15 is 0 Å². The van der Waals surface area contributed by atoms with Crippen molar-refractivity contribution in [2.45, 2.75) is 26.2 Å². The molecule has 2 rings (SSSR count). The molecule has 0 unspecified atom stereocenters. The molecule has 1 aromatic carbocycles. The van der Waals surface area contributed by atoms with E-state index in [2.05, 4.69) is 31.1 Å². The molecule has 1 N–H and O–H groups in total. The van der Waals surface area contributed by atoms with Gasteiger partial charge in [0, 0.05) is 14.1 Å². The Hall–Kier alpha value is -2.56. The van der Waals surface area contributed by atoms with Crippen LogP contribution in [0.2, 0.25) is 0 Å². The third kappa shape index (κ3) is 4.98. The van der Waals surface area contributed by atoms with Gasteiger partial charge in [-0.05, 0) is 35.2 Å². The summed E-state index contributed by atoms with van der Waals surface area (Å²) in [6, 6.07) is 11.5. The average molecular weight is 327 g/mol. The Kier molecular flexibility index (Phi) is 5.44. The van der Waals surface area contributed by atoms with Gasteiger partial charge in [-0.1, -0.05) is 32.9 Å². The zero-order valence-corrected chi connectivity index (χ0v) is 15.0. The highest BCUT2D eigenvalue weighted by molar-refractivity contribution is 5.91. The maximum atomic E-state index is 12.0. The van der Waals surface area contributed by atoms with Crippen LogP contribution in [0.4, 0.5) is 11.5 Å². The first-order valence-corrected chi connectivity index (χ1v) is 7.92. The van der Waals surface area contributed by atoms with Crippen molar-refractivity contribution in [3.8, 4) is 5.75 Å². The van der Waals surface area contributed by atoms with Crippen molar-refractivity contribution in [2.24, 2.45) is 0 Å². The number of carbonyl (C=O) groups excluding carboxylic acids is 1. The molecule has 0 saturated carbocycles. The van der Waals surface area contributed by atoms with E-state index in [9.17, 15) is 4.79 Å². The molecule has 0 fully saturated rings. The zero-order valence-electron chi connectivity index (χ0n) is 15.0. The Balaban J connectivity index is 1.86. The third-order valence-corrected chi connectivity index (χ3v) is 3.58. The van der Waals surface area contributed by atoms with Crippen molar-refractivity contribution in [1.82, 2.24) is 4.98 Å². The molecule has 0 bridgehead atoms. The number of pyridine rings is 1. The molecule has 0 aliphatic carbocycles. The lowest BCUT2D eigenvalue weighted by Crippen LogP contribution is -2.20. The van der Waals surface area contributed by atoms with Gasteiger partial charge < -0.3 is 15.0 Å². The molecule has 0 atom stereocenters. The molecule has 1 aromatic heterocycles. The Morgan fingerprint density at radius 3 is 2.29 bits per heavy atom. The molecule has 24 heavy (non-hydrogen) atoms. The van der Waals surface area contributed by atoms with E-state index in [1.54, 1.807) is 6.20 Å². The number of nitrogens with zero attached hydrogens (tertiary/aromatic N) is 2. The number of amides is 1.